The van der Waals surface area contributed by atoms with E-state index in [1.165, 1.54) is 0 Å². The van der Waals surface area contributed by atoms with E-state index in [0.29, 0.717) is 6.54 Å². The number of rotatable bonds is 2. The van der Waals surface area contributed by atoms with Gasteiger partial charge in [0.1, 0.15) is 5.82 Å². The van der Waals surface area contributed by atoms with Gasteiger partial charge in [0.05, 0.1) is 18.2 Å². The third kappa shape index (κ3) is 4.19. The predicted molar refractivity (Wildman–Crippen MR) is 94.1 cm³/mol. The molecular weight excluding hydrogens is 298 g/mol. The first-order chi connectivity index (χ1) is 11.5. The van der Waals surface area contributed by atoms with E-state index < -0.39 is 0 Å². The number of benzene rings is 1. The van der Waals surface area contributed by atoms with Gasteiger partial charge in [0, 0.05) is 36.5 Å². The van der Waals surface area contributed by atoms with E-state index in [-0.39, 0.29) is 11.5 Å². The fraction of sp³-hybridized carbons (Fsp3) is 0.400. The monoisotopic (exact) mass is 321 g/mol. The Bertz CT molecular complexity index is 729. The fourth-order valence-corrected chi connectivity index (χ4v) is 2.96. The highest BCUT2D eigenvalue weighted by atomic mass is 16.3. The third-order valence-electron chi connectivity index (χ3n) is 4.45. The van der Waals surface area contributed by atoms with Gasteiger partial charge >= 0.3 is 0 Å². The van der Waals surface area contributed by atoms with E-state index in [1.54, 1.807) is 12.4 Å². The van der Waals surface area contributed by atoms with Gasteiger partial charge in [0.15, 0.2) is 0 Å². The van der Waals surface area contributed by atoms with Crippen LogP contribution >= 0.6 is 0 Å². The summed E-state index contributed by atoms with van der Waals surface area (Å²) >= 11 is 0. The molecule has 124 valence electrons. The van der Waals surface area contributed by atoms with Crippen molar-refractivity contribution in [2.45, 2.75) is 32.9 Å². The lowest BCUT2D eigenvalue weighted by Gasteiger charge is -2.41. The number of aliphatic hydroxyl groups is 1. The smallest absolute Gasteiger partial charge is 0.142 e. The zero-order valence-corrected chi connectivity index (χ0v) is 14.2. The molecule has 1 aliphatic rings. The molecule has 1 fully saturated rings. The van der Waals surface area contributed by atoms with Crippen molar-refractivity contribution in [2.75, 3.05) is 13.1 Å². The van der Waals surface area contributed by atoms with Crippen LogP contribution in [0, 0.1) is 17.3 Å². The largest absolute Gasteiger partial charge is 0.392 e. The van der Waals surface area contributed by atoms with Crippen molar-refractivity contribution in [1.82, 2.24) is 14.9 Å². The number of hydrogen-bond donors (Lipinski definition) is 1. The molecular formula is C20H23N3O. The molecule has 0 amide bonds. The molecule has 2 heterocycles. The number of aliphatic hydroxyl groups excluding tert-OH is 1. The first-order valence-corrected chi connectivity index (χ1v) is 8.31. The molecule has 0 aliphatic carbocycles. The lowest BCUT2D eigenvalue weighted by Crippen LogP contribution is -2.48. The molecule has 0 unspecified atom stereocenters. The van der Waals surface area contributed by atoms with Gasteiger partial charge in [-0.05, 0) is 18.6 Å². The molecule has 1 N–H and O–H groups in total. The minimum atomic E-state index is -0.231. The molecule has 1 aromatic heterocycles. The van der Waals surface area contributed by atoms with Gasteiger partial charge < -0.3 is 5.11 Å². The number of piperidine rings is 1. The summed E-state index contributed by atoms with van der Waals surface area (Å²) in [4.78, 5) is 11.2. The summed E-state index contributed by atoms with van der Waals surface area (Å²) in [7, 11) is 0. The third-order valence-corrected chi connectivity index (χ3v) is 4.45. The van der Waals surface area contributed by atoms with Gasteiger partial charge in [0.2, 0.25) is 0 Å². The van der Waals surface area contributed by atoms with E-state index in [0.717, 1.165) is 36.5 Å². The number of aromatic nitrogens is 2. The second-order valence-electron chi connectivity index (χ2n) is 7.01. The topological polar surface area (TPSA) is 49.2 Å². The maximum absolute atomic E-state index is 10.0. The van der Waals surface area contributed by atoms with Gasteiger partial charge in [-0.25, -0.2) is 9.97 Å². The van der Waals surface area contributed by atoms with Crippen LogP contribution in [0.5, 0.6) is 0 Å². The van der Waals surface area contributed by atoms with Crippen molar-refractivity contribution in [1.29, 1.82) is 0 Å². The summed E-state index contributed by atoms with van der Waals surface area (Å²) in [5, 5.41) is 10.0. The average Bonchev–Trinajstić information content (AvgIpc) is 2.58. The Labute approximate surface area is 143 Å². The van der Waals surface area contributed by atoms with Crippen LogP contribution in [0.15, 0.2) is 42.7 Å². The highest BCUT2D eigenvalue weighted by Gasteiger charge is 2.34. The molecule has 24 heavy (non-hydrogen) atoms. The molecule has 0 radical (unpaired) electrons. The normalized spacial score (nSPS) is 20.2. The van der Waals surface area contributed by atoms with Crippen LogP contribution in [0.25, 0.3) is 0 Å². The second kappa shape index (κ2) is 7.12. The van der Waals surface area contributed by atoms with Crippen molar-refractivity contribution in [2.24, 2.45) is 5.41 Å². The number of nitrogens with zero attached hydrogens (tertiary/aromatic N) is 3. The minimum Gasteiger partial charge on any atom is -0.392 e. The standard InChI is InChI=1S/C20H23N3O/c1-20(2)15-23(11-10-18(20)24)14-19-21-12-17(13-22-19)9-8-16-6-4-3-5-7-16/h3-7,12-13,18,24H,10-11,14-15H2,1-2H3/t18-/m0/s1. The molecule has 0 spiro atoms. The van der Waals surface area contributed by atoms with Gasteiger partial charge in [-0.2, -0.15) is 0 Å². The lowest BCUT2D eigenvalue weighted by atomic mass is 9.81. The molecule has 3 rings (SSSR count). The molecule has 0 bridgehead atoms. The van der Waals surface area contributed by atoms with Crippen molar-refractivity contribution >= 4 is 0 Å². The van der Waals surface area contributed by atoms with E-state index in [2.05, 4.69) is 40.6 Å². The maximum Gasteiger partial charge on any atom is 0.142 e. The summed E-state index contributed by atoms with van der Waals surface area (Å²) in [5.41, 5.74) is 1.71. The Morgan fingerprint density at radius 3 is 2.46 bits per heavy atom. The van der Waals surface area contributed by atoms with E-state index >= 15 is 0 Å². The molecule has 1 atom stereocenters. The van der Waals surface area contributed by atoms with Crippen LogP contribution in [0.4, 0.5) is 0 Å². The highest BCUT2D eigenvalue weighted by molar-refractivity contribution is 5.40. The second-order valence-corrected chi connectivity index (χ2v) is 7.01. The average molecular weight is 321 g/mol. The first-order valence-electron chi connectivity index (χ1n) is 8.31. The van der Waals surface area contributed by atoms with Gasteiger partial charge in [-0.15, -0.1) is 0 Å². The zero-order valence-electron chi connectivity index (χ0n) is 14.2. The Kier molecular flexibility index (Phi) is 4.94. The SMILES string of the molecule is CC1(C)CN(Cc2ncc(C#Cc3ccccc3)cn2)CC[C@@H]1O. The van der Waals surface area contributed by atoms with E-state index in [1.807, 2.05) is 30.3 Å². The van der Waals surface area contributed by atoms with Crippen LogP contribution in [-0.4, -0.2) is 39.2 Å². The molecule has 4 heteroatoms. The van der Waals surface area contributed by atoms with Crippen LogP contribution < -0.4 is 0 Å². The maximum atomic E-state index is 10.0. The minimum absolute atomic E-state index is 0.0840. The summed E-state index contributed by atoms with van der Waals surface area (Å²) in [6.07, 6.45) is 4.13. The van der Waals surface area contributed by atoms with Crippen LogP contribution in [-0.2, 0) is 6.54 Å². The summed E-state index contributed by atoms with van der Waals surface area (Å²) in [5.74, 6) is 7.00. The Morgan fingerprint density at radius 2 is 1.79 bits per heavy atom. The van der Waals surface area contributed by atoms with E-state index in [4.69, 9.17) is 0 Å². The van der Waals surface area contributed by atoms with Gasteiger partial charge in [0.25, 0.3) is 0 Å². The van der Waals surface area contributed by atoms with Gasteiger partial charge in [-0.1, -0.05) is 43.9 Å². The van der Waals surface area contributed by atoms with Crippen molar-refractivity contribution in [3.05, 3.63) is 59.7 Å². The Balaban J connectivity index is 1.62. The van der Waals surface area contributed by atoms with E-state index in [9.17, 15) is 5.11 Å². The molecule has 0 saturated carbocycles. The molecule has 1 aromatic carbocycles. The van der Waals surface area contributed by atoms with Crippen molar-refractivity contribution in [3.63, 3.8) is 0 Å². The fourth-order valence-electron chi connectivity index (χ4n) is 2.96. The lowest BCUT2D eigenvalue weighted by molar-refractivity contribution is -0.0277. The van der Waals surface area contributed by atoms with Crippen molar-refractivity contribution in [3.8, 4) is 11.8 Å². The summed E-state index contributed by atoms with van der Waals surface area (Å²) in [6, 6.07) is 9.88. The predicted octanol–water partition coefficient (Wildman–Crippen LogP) is 2.47. The van der Waals surface area contributed by atoms with Gasteiger partial charge in [-0.3, -0.25) is 4.90 Å². The highest BCUT2D eigenvalue weighted by Crippen LogP contribution is 2.29. The van der Waals surface area contributed by atoms with Crippen LogP contribution in [0.3, 0.4) is 0 Å². The zero-order chi connectivity index (χ0) is 17.0. The van der Waals surface area contributed by atoms with Crippen molar-refractivity contribution < 1.29 is 5.11 Å². The number of likely N-dealkylation sites (tertiary alicyclic amines) is 1. The molecule has 4 nitrogen and oxygen atoms in total. The summed E-state index contributed by atoms with van der Waals surface area (Å²) < 4.78 is 0. The summed E-state index contributed by atoms with van der Waals surface area (Å²) in [6.45, 7) is 6.65. The quantitative estimate of drug-likeness (QED) is 0.863. The van der Waals surface area contributed by atoms with Crippen LogP contribution in [0.1, 0.15) is 37.2 Å². The Morgan fingerprint density at radius 1 is 1.12 bits per heavy atom. The first kappa shape index (κ1) is 16.6. The molecule has 1 aliphatic heterocycles. The Hall–Kier alpha value is -2.22. The molecule has 2 aromatic rings. The van der Waals surface area contributed by atoms with Crippen LogP contribution in [0.2, 0.25) is 0 Å². The number of hydrogen-bond acceptors (Lipinski definition) is 4. The molecule has 1 saturated heterocycles.